The number of aryl methyl sites for hydroxylation is 2. The molecule has 30 heavy (non-hydrogen) atoms. The van der Waals surface area contributed by atoms with Crippen molar-refractivity contribution in [3.63, 3.8) is 0 Å². The van der Waals surface area contributed by atoms with E-state index >= 15 is 0 Å². The number of amides is 1. The number of hydrogen-bond donors (Lipinski definition) is 2. The predicted octanol–water partition coefficient (Wildman–Crippen LogP) is 3.03. The van der Waals surface area contributed by atoms with Gasteiger partial charge < -0.3 is 10.6 Å². The quantitative estimate of drug-likeness (QED) is 0.531. The number of nitrogens with one attached hydrogen (secondary N) is 2. The molecule has 2 N–H and O–H groups in total. The third kappa shape index (κ3) is 3.90. The lowest BCUT2D eigenvalue weighted by Crippen LogP contribution is -2.29. The normalized spacial score (nSPS) is 10.9. The zero-order valence-corrected chi connectivity index (χ0v) is 16.4. The van der Waals surface area contributed by atoms with Crippen LogP contribution in [0.1, 0.15) is 11.3 Å². The van der Waals surface area contributed by atoms with E-state index in [1.165, 1.54) is 22.6 Å². The van der Waals surface area contributed by atoms with Crippen molar-refractivity contribution in [2.45, 2.75) is 20.4 Å². The van der Waals surface area contributed by atoms with E-state index in [0.29, 0.717) is 17.3 Å². The van der Waals surface area contributed by atoms with E-state index < -0.39 is 17.4 Å². The number of halogens is 1. The lowest BCUT2D eigenvalue weighted by molar-refractivity contribution is -0.117. The van der Waals surface area contributed by atoms with Crippen molar-refractivity contribution in [1.29, 1.82) is 0 Å². The number of carbonyl (C=O) groups is 1. The number of aromatic nitrogens is 4. The molecule has 0 radical (unpaired) electrons. The van der Waals surface area contributed by atoms with Gasteiger partial charge >= 0.3 is 5.69 Å². The van der Waals surface area contributed by atoms with Crippen LogP contribution in [-0.2, 0) is 11.3 Å². The molecule has 0 aliphatic carbocycles. The van der Waals surface area contributed by atoms with Crippen LogP contribution < -0.4 is 16.3 Å². The smallest absolute Gasteiger partial charge is 0.325 e. The maximum absolute atomic E-state index is 13.7. The first kappa shape index (κ1) is 19.3. The molecule has 0 fully saturated rings. The molecule has 0 unspecified atom stereocenters. The summed E-state index contributed by atoms with van der Waals surface area (Å²) in [6, 6.07) is 15.1. The topological polar surface area (TPSA) is 93.3 Å². The Bertz CT molecular complexity index is 1290. The van der Waals surface area contributed by atoms with Gasteiger partial charge in [-0.05, 0) is 38.1 Å². The second-order valence-corrected chi connectivity index (χ2v) is 6.87. The molecule has 2 aromatic heterocycles. The van der Waals surface area contributed by atoms with Gasteiger partial charge in [0.25, 0.3) is 0 Å². The van der Waals surface area contributed by atoms with Crippen LogP contribution in [0.25, 0.3) is 5.65 Å². The first-order valence-electron chi connectivity index (χ1n) is 9.26. The summed E-state index contributed by atoms with van der Waals surface area (Å²) in [5.74, 6) is -0.833. The standard InChI is InChI=1S/C21H19FN6O2/c1-13-7-9-15(10-8-13)24-20-23-14(2)11-18-26-27(21(30)28(18)20)12-19(29)25-17-6-4-3-5-16(17)22/h3-11H,12H2,1-2H3,(H,23,24)(H,25,29). The molecule has 0 aliphatic rings. The van der Waals surface area contributed by atoms with Crippen LogP contribution in [0, 0.1) is 19.7 Å². The molecule has 2 heterocycles. The molecule has 1 amide bonds. The Kier molecular flexibility index (Phi) is 5.01. The minimum absolute atomic E-state index is 0.0403. The van der Waals surface area contributed by atoms with E-state index in [0.717, 1.165) is 15.9 Å². The van der Waals surface area contributed by atoms with Crippen LogP contribution in [0.2, 0.25) is 0 Å². The Hall–Kier alpha value is -4.01. The number of para-hydroxylation sites is 1. The van der Waals surface area contributed by atoms with Gasteiger partial charge in [0.05, 0.1) is 5.69 Å². The summed E-state index contributed by atoms with van der Waals surface area (Å²) in [6.07, 6.45) is 0. The number of hydrogen-bond acceptors (Lipinski definition) is 5. The van der Waals surface area contributed by atoms with Crippen LogP contribution in [0.4, 0.5) is 21.7 Å². The molecule has 9 heteroatoms. The van der Waals surface area contributed by atoms with E-state index in [-0.39, 0.29) is 12.2 Å². The molecular weight excluding hydrogens is 387 g/mol. The number of rotatable bonds is 5. The van der Waals surface area contributed by atoms with E-state index in [4.69, 9.17) is 0 Å². The monoisotopic (exact) mass is 406 g/mol. The average Bonchev–Trinajstić information content (AvgIpc) is 3.00. The summed E-state index contributed by atoms with van der Waals surface area (Å²) in [4.78, 5) is 29.6. The van der Waals surface area contributed by atoms with Gasteiger partial charge in [0.15, 0.2) is 5.65 Å². The van der Waals surface area contributed by atoms with Crippen LogP contribution in [0.3, 0.4) is 0 Å². The molecule has 0 saturated heterocycles. The van der Waals surface area contributed by atoms with Gasteiger partial charge in [-0.1, -0.05) is 29.8 Å². The van der Waals surface area contributed by atoms with Gasteiger partial charge in [-0.3, -0.25) is 4.79 Å². The fraction of sp³-hybridized carbons (Fsp3) is 0.143. The van der Waals surface area contributed by atoms with Crippen LogP contribution >= 0.6 is 0 Å². The Morgan fingerprint density at radius 3 is 2.57 bits per heavy atom. The van der Waals surface area contributed by atoms with Crippen molar-refractivity contribution in [3.05, 3.63) is 82.2 Å². The minimum Gasteiger partial charge on any atom is -0.325 e. The Balaban J connectivity index is 1.65. The first-order valence-corrected chi connectivity index (χ1v) is 9.26. The summed E-state index contributed by atoms with van der Waals surface area (Å²) in [7, 11) is 0. The van der Waals surface area contributed by atoms with Gasteiger partial charge in [-0.2, -0.15) is 0 Å². The lowest BCUT2D eigenvalue weighted by atomic mass is 10.2. The highest BCUT2D eigenvalue weighted by Crippen LogP contribution is 2.16. The number of carbonyl (C=O) groups excluding carboxylic acids is 1. The van der Waals surface area contributed by atoms with Crippen molar-refractivity contribution in [3.8, 4) is 0 Å². The summed E-state index contributed by atoms with van der Waals surface area (Å²) < 4.78 is 16.1. The Morgan fingerprint density at radius 1 is 1.10 bits per heavy atom. The summed E-state index contributed by atoms with van der Waals surface area (Å²) in [5.41, 5.74) is 2.38. The summed E-state index contributed by atoms with van der Waals surface area (Å²) in [6.45, 7) is 3.40. The van der Waals surface area contributed by atoms with Crippen molar-refractivity contribution in [1.82, 2.24) is 19.2 Å². The van der Waals surface area contributed by atoms with Crippen molar-refractivity contribution < 1.29 is 9.18 Å². The van der Waals surface area contributed by atoms with Crippen LogP contribution in [-0.4, -0.2) is 25.1 Å². The zero-order chi connectivity index (χ0) is 21.3. The largest absolute Gasteiger partial charge is 0.353 e. The molecular formula is C21H19FN6O2. The molecule has 0 spiro atoms. The fourth-order valence-electron chi connectivity index (χ4n) is 2.99. The Morgan fingerprint density at radius 2 is 1.83 bits per heavy atom. The second kappa shape index (κ2) is 7.78. The van der Waals surface area contributed by atoms with Crippen molar-refractivity contribution >= 4 is 28.9 Å². The van der Waals surface area contributed by atoms with E-state index in [1.54, 1.807) is 19.1 Å². The predicted molar refractivity (Wildman–Crippen MR) is 111 cm³/mol. The fourth-order valence-corrected chi connectivity index (χ4v) is 2.99. The molecule has 0 aliphatic heterocycles. The van der Waals surface area contributed by atoms with Crippen LogP contribution in [0.5, 0.6) is 0 Å². The third-order valence-corrected chi connectivity index (χ3v) is 4.45. The third-order valence-electron chi connectivity index (χ3n) is 4.45. The Labute approximate surface area is 171 Å². The average molecular weight is 406 g/mol. The number of fused-ring (bicyclic) bond motifs is 1. The first-order chi connectivity index (χ1) is 14.4. The highest BCUT2D eigenvalue weighted by Gasteiger charge is 2.16. The molecule has 152 valence electrons. The number of benzene rings is 2. The second-order valence-electron chi connectivity index (χ2n) is 6.87. The maximum atomic E-state index is 13.7. The molecule has 4 aromatic rings. The van der Waals surface area contributed by atoms with E-state index in [2.05, 4.69) is 20.7 Å². The number of nitrogens with zero attached hydrogens (tertiary/aromatic N) is 4. The summed E-state index contributed by atoms with van der Waals surface area (Å²) >= 11 is 0. The molecule has 4 rings (SSSR count). The minimum atomic E-state index is -0.566. The maximum Gasteiger partial charge on any atom is 0.353 e. The van der Waals surface area contributed by atoms with Crippen molar-refractivity contribution in [2.24, 2.45) is 0 Å². The SMILES string of the molecule is Cc1ccc(Nc2nc(C)cc3nn(CC(=O)Nc4ccccc4F)c(=O)n23)cc1. The van der Waals surface area contributed by atoms with Crippen molar-refractivity contribution in [2.75, 3.05) is 10.6 Å². The van der Waals surface area contributed by atoms with E-state index in [9.17, 15) is 14.0 Å². The molecule has 8 nitrogen and oxygen atoms in total. The highest BCUT2D eigenvalue weighted by molar-refractivity contribution is 5.90. The van der Waals surface area contributed by atoms with Gasteiger partial charge in [0.1, 0.15) is 12.4 Å². The summed E-state index contributed by atoms with van der Waals surface area (Å²) in [5, 5.41) is 9.79. The lowest BCUT2D eigenvalue weighted by Gasteiger charge is -2.08. The molecule has 0 saturated carbocycles. The van der Waals surface area contributed by atoms with Gasteiger partial charge in [-0.15, -0.1) is 5.10 Å². The number of anilines is 3. The molecule has 0 atom stereocenters. The zero-order valence-electron chi connectivity index (χ0n) is 16.4. The molecule has 0 bridgehead atoms. The van der Waals surface area contributed by atoms with Gasteiger partial charge in [-0.25, -0.2) is 23.3 Å². The van der Waals surface area contributed by atoms with Crippen LogP contribution in [0.15, 0.2) is 59.4 Å². The van der Waals surface area contributed by atoms with Gasteiger partial charge in [0.2, 0.25) is 11.9 Å². The molecule has 2 aromatic carbocycles. The highest BCUT2D eigenvalue weighted by atomic mass is 19.1. The van der Waals surface area contributed by atoms with Gasteiger partial charge in [0, 0.05) is 17.4 Å². The van der Waals surface area contributed by atoms with E-state index in [1.807, 2.05) is 31.2 Å².